The second-order valence-corrected chi connectivity index (χ2v) is 6.19. The Labute approximate surface area is 132 Å². The highest BCUT2D eigenvalue weighted by Crippen LogP contribution is 2.43. The normalized spacial score (nSPS) is 27.3. The van der Waals surface area contributed by atoms with Crippen LogP contribution in [0.15, 0.2) is 23.8 Å². The highest BCUT2D eigenvalue weighted by atomic mass is 19.4. The fraction of sp³-hybridized carbons (Fsp3) is 0.600. The number of rotatable bonds is 4. The number of amides is 1. The van der Waals surface area contributed by atoms with Gasteiger partial charge in [-0.05, 0) is 25.5 Å². The third-order valence-electron chi connectivity index (χ3n) is 3.91. The molecule has 3 unspecified atom stereocenters. The fourth-order valence-electron chi connectivity index (χ4n) is 2.43. The fourth-order valence-corrected chi connectivity index (χ4v) is 2.43. The molecule has 0 heterocycles. The van der Waals surface area contributed by atoms with Gasteiger partial charge in [-0.15, -0.1) is 0 Å². The molecule has 23 heavy (non-hydrogen) atoms. The maximum Gasteiger partial charge on any atom is 0.421 e. The Kier molecular flexibility index (Phi) is 5.01. The summed E-state index contributed by atoms with van der Waals surface area (Å²) in [5.74, 6) is -0.970. The molecular weight excluding hydrogens is 315 g/mol. The second-order valence-electron chi connectivity index (χ2n) is 6.19. The number of nitrogens with two attached hydrogens (primary N) is 1. The summed E-state index contributed by atoms with van der Waals surface area (Å²) in [6.07, 6.45) is -4.12. The molecule has 0 aromatic heterocycles. The number of halogens is 3. The molecule has 1 aliphatic rings. The number of alkyl halides is 3. The number of carbonyl (C=O) groups is 2. The average Bonchev–Trinajstić information content (AvgIpc) is 2.38. The Hall–Kier alpha value is -1.83. The molecule has 1 aliphatic carbocycles. The predicted molar refractivity (Wildman–Crippen MR) is 76.3 cm³/mol. The van der Waals surface area contributed by atoms with Crippen molar-refractivity contribution in [2.75, 3.05) is 0 Å². The van der Waals surface area contributed by atoms with E-state index in [0.29, 0.717) is 6.92 Å². The van der Waals surface area contributed by atoms with Crippen molar-refractivity contribution in [2.45, 2.75) is 45.6 Å². The largest absolute Gasteiger partial charge is 0.441 e. The molecule has 0 spiro atoms. The van der Waals surface area contributed by atoms with E-state index in [1.807, 2.05) is 0 Å². The van der Waals surface area contributed by atoms with Gasteiger partial charge in [0.15, 0.2) is 5.60 Å². The molecule has 1 rings (SSSR count). The van der Waals surface area contributed by atoms with Gasteiger partial charge in [-0.3, -0.25) is 4.79 Å². The zero-order valence-electron chi connectivity index (χ0n) is 13.3. The molecule has 5 nitrogen and oxygen atoms in total. The number of Topliss-reactive ketones (excluding diaryl/α,β-unsaturated/α-hetero) is 1. The zero-order chi connectivity index (χ0) is 18.2. The van der Waals surface area contributed by atoms with Crippen LogP contribution in [0.2, 0.25) is 0 Å². The Morgan fingerprint density at radius 1 is 1.39 bits per heavy atom. The minimum Gasteiger partial charge on any atom is -0.441 e. The minimum absolute atomic E-state index is 0.441. The van der Waals surface area contributed by atoms with E-state index in [-0.39, 0.29) is 0 Å². The van der Waals surface area contributed by atoms with Gasteiger partial charge in [-0.1, -0.05) is 26.0 Å². The van der Waals surface area contributed by atoms with Crippen LogP contribution in [0.25, 0.3) is 0 Å². The number of carbonyl (C=O) groups excluding carboxylic acids is 2. The van der Waals surface area contributed by atoms with Crippen LogP contribution in [-0.4, -0.2) is 34.9 Å². The van der Waals surface area contributed by atoms with Gasteiger partial charge < -0.3 is 15.6 Å². The summed E-state index contributed by atoms with van der Waals surface area (Å²) in [5, 5.41) is 9.81. The zero-order valence-corrected chi connectivity index (χ0v) is 13.3. The average molecular weight is 335 g/mol. The molecule has 1 amide bonds. The third-order valence-corrected chi connectivity index (χ3v) is 3.91. The summed E-state index contributed by atoms with van der Waals surface area (Å²) in [6, 6.07) is 0. The van der Waals surface area contributed by atoms with E-state index < -0.39 is 46.7 Å². The summed E-state index contributed by atoms with van der Waals surface area (Å²) in [7, 11) is 0. The molecule has 0 aromatic rings. The van der Waals surface area contributed by atoms with Gasteiger partial charge in [0.05, 0.1) is 5.41 Å². The standard InChI is InChI=1S/C15H20F3NO4/c1-8(2)11(20)13(3)7-9(14(4,22)15(16,17)18)5-6-10(13)23-12(19)21/h5-8,10,22H,1-4H3,(H2,19,21). The Morgan fingerprint density at radius 2 is 1.91 bits per heavy atom. The van der Waals surface area contributed by atoms with Gasteiger partial charge in [-0.2, -0.15) is 13.2 Å². The van der Waals surface area contributed by atoms with Crippen molar-refractivity contribution in [3.8, 4) is 0 Å². The molecule has 0 aromatic carbocycles. The van der Waals surface area contributed by atoms with Crippen LogP contribution in [0.5, 0.6) is 0 Å². The van der Waals surface area contributed by atoms with Gasteiger partial charge in [0, 0.05) is 5.92 Å². The summed E-state index contributed by atoms with van der Waals surface area (Å²) >= 11 is 0. The maximum atomic E-state index is 13.0. The molecule has 0 aliphatic heterocycles. The van der Waals surface area contributed by atoms with Crippen molar-refractivity contribution in [3.63, 3.8) is 0 Å². The van der Waals surface area contributed by atoms with Crippen LogP contribution >= 0.6 is 0 Å². The number of hydrogen-bond acceptors (Lipinski definition) is 4. The monoisotopic (exact) mass is 335 g/mol. The van der Waals surface area contributed by atoms with E-state index in [1.165, 1.54) is 6.92 Å². The summed E-state index contributed by atoms with van der Waals surface area (Å²) in [4.78, 5) is 23.5. The summed E-state index contributed by atoms with van der Waals surface area (Å²) in [5.41, 5.74) is -0.247. The van der Waals surface area contributed by atoms with Gasteiger partial charge in [0.1, 0.15) is 11.9 Å². The van der Waals surface area contributed by atoms with Gasteiger partial charge in [0.2, 0.25) is 0 Å². The van der Waals surface area contributed by atoms with Gasteiger partial charge in [0.25, 0.3) is 0 Å². The smallest absolute Gasteiger partial charge is 0.421 e. The number of ketones is 1. The lowest BCUT2D eigenvalue weighted by atomic mass is 9.70. The predicted octanol–water partition coefficient (Wildman–Crippen LogP) is 2.49. The number of aliphatic hydroxyl groups is 1. The molecule has 0 saturated carbocycles. The van der Waals surface area contributed by atoms with Crippen molar-refractivity contribution in [1.29, 1.82) is 0 Å². The van der Waals surface area contributed by atoms with Gasteiger partial charge >= 0.3 is 12.3 Å². The minimum atomic E-state index is -4.93. The molecule has 0 fully saturated rings. The first-order valence-electron chi connectivity index (χ1n) is 6.94. The van der Waals surface area contributed by atoms with Crippen molar-refractivity contribution in [3.05, 3.63) is 23.8 Å². The topological polar surface area (TPSA) is 89.6 Å². The van der Waals surface area contributed by atoms with Crippen LogP contribution in [0.3, 0.4) is 0 Å². The van der Waals surface area contributed by atoms with E-state index in [9.17, 15) is 27.9 Å². The molecule has 0 saturated heterocycles. The van der Waals surface area contributed by atoms with Crippen LogP contribution in [0.4, 0.5) is 18.0 Å². The second kappa shape index (κ2) is 5.99. The number of hydrogen-bond donors (Lipinski definition) is 2. The first-order chi connectivity index (χ1) is 10.2. The Bertz CT molecular complexity index is 564. The van der Waals surface area contributed by atoms with Crippen LogP contribution < -0.4 is 5.73 Å². The van der Waals surface area contributed by atoms with Gasteiger partial charge in [-0.25, -0.2) is 4.79 Å². The number of ether oxygens (including phenoxy) is 1. The molecule has 0 radical (unpaired) electrons. The van der Waals surface area contributed by atoms with E-state index >= 15 is 0 Å². The quantitative estimate of drug-likeness (QED) is 0.826. The SMILES string of the molecule is CC(C)C(=O)C1(C)C=C(C(C)(O)C(F)(F)F)C=CC1OC(N)=O. The van der Waals surface area contributed by atoms with Crippen molar-refractivity contribution in [2.24, 2.45) is 17.1 Å². The molecular formula is C15H20F3NO4. The lowest BCUT2D eigenvalue weighted by molar-refractivity contribution is -0.236. The molecule has 3 atom stereocenters. The highest BCUT2D eigenvalue weighted by molar-refractivity contribution is 5.90. The lowest BCUT2D eigenvalue weighted by Crippen LogP contribution is -2.49. The van der Waals surface area contributed by atoms with E-state index in [2.05, 4.69) is 0 Å². The van der Waals surface area contributed by atoms with E-state index in [1.54, 1.807) is 13.8 Å². The molecule has 8 heteroatoms. The Balaban J connectivity index is 3.40. The molecule has 3 N–H and O–H groups in total. The Morgan fingerprint density at radius 3 is 2.30 bits per heavy atom. The van der Waals surface area contributed by atoms with Crippen molar-refractivity contribution in [1.82, 2.24) is 0 Å². The van der Waals surface area contributed by atoms with E-state index in [0.717, 1.165) is 18.2 Å². The van der Waals surface area contributed by atoms with Crippen LogP contribution in [-0.2, 0) is 9.53 Å². The first-order valence-corrected chi connectivity index (χ1v) is 6.94. The van der Waals surface area contributed by atoms with Crippen molar-refractivity contribution < 1.29 is 32.6 Å². The molecule has 0 bridgehead atoms. The van der Waals surface area contributed by atoms with Crippen LogP contribution in [0, 0.1) is 11.3 Å². The highest BCUT2D eigenvalue weighted by Gasteiger charge is 2.54. The molecule has 130 valence electrons. The van der Waals surface area contributed by atoms with Crippen LogP contribution in [0.1, 0.15) is 27.7 Å². The number of primary amides is 1. The first kappa shape index (κ1) is 19.2. The van der Waals surface area contributed by atoms with Crippen molar-refractivity contribution >= 4 is 11.9 Å². The third kappa shape index (κ3) is 3.57. The summed E-state index contributed by atoms with van der Waals surface area (Å²) in [6.45, 7) is 5.09. The van der Waals surface area contributed by atoms with E-state index in [4.69, 9.17) is 10.5 Å². The lowest BCUT2D eigenvalue weighted by Gasteiger charge is -2.38. The summed E-state index contributed by atoms with van der Waals surface area (Å²) < 4.78 is 43.9. The maximum absolute atomic E-state index is 13.0.